The van der Waals surface area contributed by atoms with Crippen molar-refractivity contribution in [3.63, 3.8) is 0 Å². The molecule has 1 aromatic carbocycles. The molecule has 6 heteroatoms. The summed E-state index contributed by atoms with van der Waals surface area (Å²) in [6.07, 6.45) is 0. The summed E-state index contributed by atoms with van der Waals surface area (Å²) in [6, 6.07) is 6.24. The number of hydrogen-bond acceptors (Lipinski definition) is 2. The number of imide groups is 1. The summed E-state index contributed by atoms with van der Waals surface area (Å²) in [6.45, 7) is 3.67. The maximum absolute atomic E-state index is 11.5. The summed E-state index contributed by atoms with van der Waals surface area (Å²) in [7, 11) is 0. The number of quaternary nitrogens is 1. The van der Waals surface area contributed by atoms with E-state index in [1.54, 1.807) is 13.0 Å². The molecule has 5 N–H and O–H groups in total. The normalized spacial score (nSPS) is 13.7. The zero-order valence-corrected chi connectivity index (χ0v) is 11.1. The molecule has 98 valence electrons. The number of nitrogens with two attached hydrogens (primary N) is 2. The molecule has 0 saturated carbocycles. The van der Waals surface area contributed by atoms with Crippen molar-refractivity contribution in [2.75, 3.05) is 0 Å². The summed E-state index contributed by atoms with van der Waals surface area (Å²) in [5.41, 5.74) is 5.91. The van der Waals surface area contributed by atoms with E-state index in [9.17, 15) is 9.59 Å². The van der Waals surface area contributed by atoms with Crippen molar-refractivity contribution in [3.8, 4) is 0 Å². The Kier molecular flexibility index (Phi) is 5.12. The van der Waals surface area contributed by atoms with Crippen LogP contribution in [0.3, 0.4) is 0 Å². The minimum absolute atomic E-state index is 0.0531. The molecule has 0 aliphatic heterocycles. The Balaban J connectivity index is 2.61. The number of carbonyl (C=O) groups is 2. The van der Waals surface area contributed by atoms with E-state index in [0.717, 1.165) is 5.56 Å². The van der Waals surface area contributed by atoms with Crippen LogP contribution in [0.2, 0.25) is 5.02 Å². The largest absolute Gasteiger partial charge is 0.351 e. The van der Waals surface area contributed by atoms with Crippen LogP contribution in [0.25, 0.3) is 0 Å². The second kappa shape index (κ2) is 6.37. The maximum atomic E-state index is 11.5. The van der Waals surface area contributed by atoms with Crippen molar-refractivity contribution in [1.29, 1.82) is 0 Å². The van der Waals surface area contributed by atoms with Gasteiger partial charge in [-0.15, -0.1) is 0 Å². The Morgan fingerprint density at radius 1 is 1.39 bits per heavy atom. The second-order valence-electron chi connectivity index (χ2n) is 4.18. The highest BCUT2D eigenvalue weighted by molar-refractivity contribution is 6.30. The molecular weight excluding hydrogens is 254 g/mol. The topological polar surface area (TPSA) is 88.8 Å². The van der Waals surface area contributed by atoms with Gasteiger partial charge in [-0.2, -0.15) is 0 Å². The van der Waals surface area contributed by atoms with Gasteiger partial charge >= 0.3 is 6.03 Å². The standard InChI is InChI=1S/C12H16ClN3O2/c1-7(9-4-3-5-10(13)6-9)15-8(2)11(17)16-12(14)18/h3-8,15H,1-2H3,(H3,14,16,17,18)/p+1/t7-,8+/m0/s1. The van der Waals surface area contributed by atoms with Crippen LogP contribution in [0.15, 0.2) is 24.3 Å². The van der Waals surface area contributed by atoms with E-state index in [1.165, 1.54) is 0 Å². The molecule has 1 aromatic rings. The number of primary amides is 1. The highest BCUT2D eigenvalue weighted by Gasteiger charge is 2.21. The van der Waals surface area contributed by atoms with E-state index in [2.05, 4.69) is 5.32 Å². The molecule has 5 nitrogen and oxygen atoms in total. The minimum atomic E-state index is -0.837. The van der Waals surface area contributed by atoms with Gasteiger partial charge in [0.25, 0.3) is 5.91 Å². The molecule has 0 radical (unpaired) electrons. The van der Waals surface area contributed by atoms with E-state index in [1.807, 2.05) is 30.4 Å². The molecule has 3 amide bonds. The van der Waals surface area contributed by atoms with Gasteiger partial charge < -0.3 is 11.1 Å². The lowest BCUT2D eigenvalue weighted by Crippen LogP contribution is -2.92. The molecule has 18 heavy (non-hydrogen) atoms. The molecule has 0 heterocycles. The first-order valence-electron chi connectivity index (χ1n) is 5.61. The SMILES string of the molecule is C[C@H]([NH2+][C@H](C)C(=O)NC(N)=O)c1cccc(Cl)c1. The third-order valence-electron chi connectivity index (χ3n) is 2.61. The molecule has 0 bridgehead atoms. The van der Waals surface area contributed by atoms with Gasteiger partial charge in [0.1, 0.15) is 6.04 Å². The molecule has 0 spiro atoms. The molecule has 0 unspecified atom stereocenters. The fourth-order valence-electron chi connectivity index (χ4n) is 1.66. The van der Waals surface area contributed by atoms with Crippen LogP contribution in [-0.4, -0.2) is 18.0 Å². The van der Waals surface area contributed by atoms with E-state index in [0.29, 0.717) is 5.02 Å². The van der Waals surface area contributed by atoms with Gasteiger partial charge in [0.15, 0.2) is 6.04 Å². The van der Waals surface area contributed by atoms with Gasteiger partial charge in [0, 0.05) is 10.6 Å². The van der Waals surface area contributed by atoms with E-state index >= 15 is 0 Å². The number of benzene rings is 1. The first-order chi connectivity index (χ1) is 8.40. The quantitative estimate of drug-likeness (QED) is 0.746. The van der Waals surface area contributed by atoms with Crippen molar-refractivity contribution >= 4 is 23.5 Å². The predicted octanol–water partition coefficient (Wildman–Crippen LogP) is 0.548. The van der Waals surface area contributed by atoms with Crippen LogP contribution in [0.5, 0.6) is 0 Å². The summed E-state index contributed by atoms with van der Waals surface area (Å²) >= 11 is 5.90. The van der Waals surface area contributed by atoms with Gasteiger partial charge in [0.2, 0.25) is 0 Å². The lowest BCUT2D eigenvalue weighted by Gasteiger charge is -2.16. The summed E-state index contributed by atoms with van der Waals surface area (Å²) in [5, 5.41) is 4.55. The predicted molar refractivity (Wildman–Crippen MR) is 69.0 cm³/mol. The van der Waals surface area contributed by atoms with Gasteiger partial charge in [-0.05, 0) is 26.0 Å². The first kappa shape index (κ1) is 14.5. The Morgan fingerprint density at radius 3 is 2.61 bits per heavy atom. The third kappa shape index (κ3) is 4.35. The molecule has 1 rings (SSSR count). The second-order valence-corrected chi connectivity index (χ2v) is 4.61. The van der Waals surface area contributed by atoms with Crippen molar-refractivity contribution in [1.82, 2.24) is 5.32 Å². The zero-order chi connectivity index (χ0) is 13.7. The van der Waals surface area contributed by atoms with Gasteiger partial charge in [0.05, 0.1) is 0 Å². The van der Waals surface area contributed by atoms with E-state index < -0.39 is 18.0 Å². The molecule has 0 saturated heterocycles. The Labute approximate surface area is 111 Å². The molecule has 0 fully saturated rings. The Bertz CT molecular complexity index is 451. The lowest BCUT2D eigenvalue weighted by atomic mass is 10.1. The fourth-order valence-corrected chi connectivity index (χ4v) is 1.86. The monoisotopic (exact) mass is 270 g/mol. The average Bonchev–Trinajstić information content (AvgIpc) is 2.27. The highest BCUT2D eigenvalue weighted by Crippen LogP contribution is 2.14. The van der Waals surface area contributed by atoms with Crippen LogP contribution in [-0.2, 0) is 4.79 Å². The lowest BCUT2D eigenvalue weighted by molar-refractivity contribution is -0.710. The Hall–Kier alpha value is -1.59. The maximum Gasteiger partial charge on any atom is 0.319 e. The number of hydrogen-bond donors (Lipinski definition) is 3. The van der Waals surface area contributed by atoms with Crippen LogP contribution in [0.1, 0.15) is 25.5 Å². The third-order valence-corrected chi connectivity index (χ3v) is 2.85. The van der Waals surface area contributed by atoms with Gasteiger partial charge in [-0.25, -0.2) is 4.79 Å². The van der Waals surface area contributed by atoms with Gasteiger partial charge in [-0.1, -0.05) is 23.7 Å². The summed E-state index contributed by atoms with van der Waals surface area (Å²) in [5.74, 6) is -0.406. The van der Waals surface area contributed by atoms with Crippen LogP contribution in [0, 0.1) is 0 Å². The Morgan fingerprint density at radius 2 is 2.06 bits per heavy atom. The highest BCUT2D eigenvalue weighted by atomic mass is 35.5. The van der Waals surface area contributed by atoms with Crippen molar-refractivity contribution in [3.05, 3.63) is 34.9 Å². The van der Waals surface area contributed by atoms with Crippen LogP contribution < -0.4 is 16.4 Å². The summed E-state index contributed by atoms with van der Waals surface area (Å²) < 4.78 is 0. The zero-order valence-electron chi connectivity index (χ0n) is 10.3. The molecule has 0 aliphatic carbocycles. The molecule has 0 aliphatic rings. The van der Waals surface area contributed by atoms with E-state index in [-0.39, 0.29) is 6.04 Å². The average molecular weight is 271 g/mol. The van der Waals surface area contributed by atoms with Crippen LogP contribution in [0.4, 0.5) is 4.79 Å². The van der Waals surface area contributed by atoms with Crippen molar-refractivity contribution in [2.45, 2.75) is 25.9 Å². The number of rotatable bonds is 4. The molecular formula is C12H17ClN3O2+. The van der Waals surface area contributed by atoms with Crippen molar-refractivity contribution in [2.24, 2.45) is 5.73 Å². The van der Waals surface area contributed by atoms with E-state index in [4.69, 9.17) is 17.3 Å². The number of urea groups is 1. The number of amides is 3. The fraction of sp³-hybridized carbons (Fsp3) is 0.333. The molecule has 0 aromatic heterocycles. The van der Waals surface area contributed by atoms with Gasteiger partial charge in [-0.3, -0.25) is 10.1 Å². The smallest absolute Gasteiger partial charge is 0.319 e. The number of carbonyl (C=O) groups excluding carboxylic acids is 2. The van der Waals surface area contributed by atoms with Crippen molar-refractivity contribution < 1.29 is 14.9 Å². The first-order valence-corrected chi connectivity index (χ1v) is 5.98. The molecule has 2 atom stereocenters. The summed E-state index contributed by atoms with van der Waals surface area (Å²) in [4.78, 5) is 22.1. The van der Waals surface area contributed by atoms with Crippen LogP contribution >= 0.6 is 11.6 Å². The number of halogens is 1. The number of nitrogens with one attached hydrogen (secondary N) is 1. The minimum Gasteiger partial charge on any atom is -0.351 e.